The van der Waals surface area contributed by atoms with Crippen LogP contribution in [0.2, 0.25) is 0 Å². The van der Waals surface area contributed by atoms with Gasteiger partial charge < -0.3 is 0 Å². The average molecular weight is 389 g/mol. The first-order valence-electron chi connectivity index (χ1n) is 5.46. The lowest BCUT2D eigenvalue weighted by atomic mass is 9.65. The second-order valence-electron chi connectivity index (χ2n) is 5.14. The summed E-state index contributed by atoms with van der Waals surface area (Å²) < 4.78 is 0.477. The highest BCUT2D eigenvalue weighted by Gasteiger charge is 2.43. The molecule has 0 N–H and O–H groups in total. The summed E-state index contributed by atoms with van der Waals surface area (Å²) >= 11 is 11.3. The van der Waals surface area contributed by atoms with E-state index in [1.54, 1.807) is 0 Å². The minimum Gasteiger partial charge on any atom is -0.0925 e. The number of hydrogen-bond acceptors (Lipinski definition) is 0. The predicted octanol–water partition coefficient (Wildman–Crippen LogP) is 4.74. The van der Waals surface area contributed by atoms with E-state index >= 15 is 0 Å². The summed E-state index contributed by atoms with van der Waals surface area (Å²) in [6, 6.07) is 0. The Morgan fingerprint density at radius 1 is 0.929 bits per heavy atom. The van der Waals surface area contributed by atoms with Crippen molar-refractivity contribution < 1.29 is 0 Å². The van der Waals surface area contributed by atoms with E-state index in [0.29, 0.717) is 4.32 Å². The lowest BCUT2D eigenvalue weighted by Crippen LogP contribution is -2.41. The van der Waals surface area contributed by atoms with Crippen molar-refractivity contribution in [2.75, 3.05) is 10.7 Å². The van der Waals surface area contributed by atoms with Crippen molar-refractivity contribution in [2.45, 2.75) is 36.4 Å². The number of halogens is 3. The first-order valence-corrected chi connectivity index (χ1v) is 8.49. The molecule has 2 saturated carbocycles. The second-order valence-corrected chi connectivity index (χ2v) is 8.12. The number of hydrogen-bond donors (Lipinski definition) is 0. The van der Waals surface area contributed by atoms with E-state index in [9.17, 15) is 0 Å². The highest BCUT2D eigenvalue weighted by Crippen LogP contribution is 2.52. The van der Waals surface area contributed by atoms with Crippen molar-refractivity contribution in [3.05, 3.63) is 0 Å². The Labute approximate surface area is 112 Å². The minimum absolute atomic E-state index is 0.477. The van der Waals surface area contributed by atoms with Crippen molar-refractivity contribution in [2.24, 2.45) is 17.8 Å². The van der Waals surface area contributed by atoms with Crippen LogP contribution in [0.15, 0.2) is 0 Å². The molecular weight excluding hydrogens is 372 g/mol. The molecule has 2 aliphatic rings. The molecule has 0 radical (unpaired) electrons. The molecule has 0 amide bonds. The van der Waals surface area contributed by atoms with E-state index in [2.05, 4.69) is 47.8 Å². The SMILES string of the molecule is BrCC1CC2CC(CBr)CC(Br)(C1)C2. The number of alkyl halides is 3. The summed E-state index contributed by atoms with van der Waals surface area (Å²) in [6.07, 6.45) is 7.06. The summed E-state index contributed by atoms with van der Waals surface area (Å²) in [6.45, 7) is 0. The Bertz CT molecular complexity index is 189. The zero-order valence-electron chi connectivity index (χ0n) is 8.32. The molecule has 2 fully saturated rings. The molecule has 2 aliphatic carbocycles. The fraction of sp³-hybridized carbons (Fsp3) is 1.00. The van der Waals surface area contributed by atoms with Gasteiger partial charge in [-0.1, -0.05) is 47.8 Å². The molecule has 82 valence electrons. The fourth-order valence-electron chi connectivity index (χ4n) is 3.41. The van der Waals surface area contributed by atoms with Crippen LogP contribution in [0.25, 0.3) is 0 Å². The maximum atomic E-state index is 4.01. The molecule has 2 unspecified atom stereocenters. The first kappa shape index (κ1) is 11.9. The van der Waals surface area contributed by atoms with Crippen molar-refractivity contribution in [3.63, 3.8) is 0 Å². The Kier molecular flexibility index (Phi) is 4.04. The fourth-order valence-corrected chi connectivity index (χ4v) is 5.77. The molecule has 0 aromatic rings. The van der Waals surface area contributed by atoms with E-state index in [4.69, 9.17) is 0 Å². The molecule has 2 bridgehead atoms. The van der Waals surface area contributed by atoms with Gasteiger partial charge >= 0.3 is 0 Å². The van der Waals surface area contributed by atoms with Crippen LogP contribution >= 0.6 is 47.8 Å². The van der Waals surface area contributed by atoms with Gasteiger partial charge in [-0.05, 0) is 49.9 Å². The van der Waals surface area contributed by atoms with E-state index in [0.717, 1.165) is 17.8 Å². The Morgan fingerprint density at radius 3 is 1.79 bits per heavy atom. The van der Waals surface area contributed by atoms with Crippen LogP contribution < -0.4 is 0 Å². The summed E-state index contributed by atoms with van der Waals surface area (Å²) in [5.41, 5.74) is 0. The molecule has 0 heterocycles. The summed E-state index contributed by atoms with van der Waals surface area (Å²) in [5.74, 6) is 2.79. The lowest BCUT2D eigenvalue weighted by molar-refractivity contribution is 0.142. The zero-order chi connectivity index (χ0) is 10.2. The summed E-state index contributed by atoms with van der Waals surface area (Å²) in [4.78, 5) is 0. The maximum absolute atomic E-state index is 4.01. The standard InChI is InChI=1S/C11H17Br3/c12-6-9-1-8-2-10(7-13)5-11(14,3-8)4-9/h8-10H,1-7H2. The topological polar surface area (TPSA) is 0 Å². The van der Waals surface area contributed by atoms with E-state index in [1.165, 1.54) is 42.8 Å². The molecule has 0 aromatic carbocycles. The van der Waals surface area contributed by atoms with Gasteiger partial charge in [-0.2, -0.15) is 0 Å². The molecule has 0 nitrogen and oxygen atoms in total. The van der Waals surface area contributed by atoms with Gasteiger partial charge in [-0.3, -0.25) is 0 Å². The van der Waals surface area contributed by atoms with Crippen LogP contribution in [0, 0.1) is 17.8 Å². The van der Waals surface area contributed by atoms with Gasteiger partial charge in [0.05, 0.1) is 0 Å². The van der Waals surface area contributed by atoms with E-state index < -0.39 is 0 Å². The maximum Gasteiger partial charge on any atom is 0.0266 e. The normalized spacial score (nSPS) is 47.8. The van der Waals surface area contributed by atoms with Gasteiger partial charge in [-0.15, -0.1) is 0 Å². The Balaban J connectivity index is 2.05. The molecule has 0 aromatic heterocycles. The van der Waals surface area contributed by atoms with Crippen molar-refractivity contribution in [3.8, 4) is 0 Å². The van der Waals surface area contributed by atoms with Gasteiger partial charge in [0.1, 0.15) is 0 Å². The van der Waals surface area contributed by atoms with Crippen LogP contribution in [-0.4, -0.2) is 15.0 Å². The van der Waals surface area contributed by atoms with Crippen LogP contribution in [0.5, 0.6) is 0 Å². The predicted molar refractivity (Wildman–Crippen MR) is 72.8 cm³/mol. The van der Waals surface area contributed by atoms with Gasteiger partial charge in [0.2, 0.25) is 0 Å². The van der Waals surface area contributed by atoms with Gasteiger partial charge in [0.15, 0.2) is 0 Å². The van der Waals surface area contributed by atoms with Crippen LogP contribution in [0.1, 0.15) is 32.1 Å². The Morgan fingerprint density at radius 2 is 1.43 bits per heavy atom. The molecule has 0 saturated heterocycles. The molecule has 2 rings (SSSR count). The zero-order valence-corrected chi connectivity index (χ0v) is 13.1. The average Bonchev–Trinajstić information content (AvgIpc) is 2.14. The second kappa shape index (κ2) is 4.75. The third-order valence-electron chi connectivity index (χ3n) is 3.73. The quantitative estimate of drug-likeness (QED) is 0.599. The van der Waals surface area contributed by atoms with Crippen molar-refractivity contribution >= 4 is 47.8 Å². The minimum atomic E-state index is 0.477. The highest BCUT2D eigenvalue weighted by molar-refractivity contribution is 9.10. The summed E-state index contributed by atoms with van der Waals surface area (Å²) in [7, 11) is 0. The molecular formula is C11H17Br3. The lowest BCUT2D eigenvalue weighted by Gasteiger charge is -2.47. The van der Waals surface area contributed by atoms with Gasteiger partial charge in [0, 0.05) is 15.0 Å². The van der Waals surface area contributed by atoms with Crippen molar-refractivity contribution in [1.29, 1.82) is 0 Å². The largest absolute Gasteiger partial charge is 0.0925 e. The van der Waals surface area contributed by atoms with Gasteiger partial charge in [0.25, 0.3) is 0 Å². The van der Waals surface area contributed by atoms with E-state index in [1.807, 2.05) is 0 Å². The smallest absolute Gasteiger partial charge is 0.0266 e. The van der Waals surface area contributed by atoms with E-state index in [-0.39, 0.29) is 0 Å². The molecule has 3 heteroatoms. The molecule has 14 heavy (non-hydrogen) atoms. The highest BCUT2D eigenvalue weighted by atomic mass is 79.9. The number of rotatable bonds is 2. The molecule has 2 atom stereocenters. The van der Waals surface area contributed by atoms with Gasteiger partial charge in [-0.25, -0.2) is 0 Å². The first-order chi connectivity index (χ1) is 6.65. The van der Waals surface area contributed by atoms with Crippen LogP contribution in [0.3, 0.4) is 0 Å². The van der Waals surface area contributed by atoms with Crippen LogP contribution in [-0.2, 0) is 0 Å². The number of fused-ring (bicyclic) bond motifs is 2. The molecule has 0 aliphatic heterocycles. The van der Waals surface area contributed by atoms with Crippen molar-refractivity contribution in [1.82, 2.24) is 0 Å². The third kappa shape index (κ3) is 2.57. The molecule has 0 spiro atoms. The summed E-state index contributed by atoms with van der Waals surface area (Å²) in [5, 5.41) is 2.38. The monoisotopic (exact) mass is 386 g/mol. The third-order valence-corrected chi connectivity index (χ3v) is 6.54. The van der Waals surface area contributed by atoms with Crippen LogP contribution in [0.4, 0.5) is 0 Å². The Hall–Kier alpha value is 1.44.